The van der Waals surface area contributed by atoms with Gasteiger partial charge in [0.05, 0.1) is 22.5 Å². The van der Waals surface area contributed by atoms with Crippen LogP contribution >= 0.6 is 0 Å². The predicted molar refractivity (Wildman–Crippen MR) is 92.4 cm³/mol. The summed E-state index contributed by atoms with van der Waals surface area (Å²) >= 11 is 0. The van der Waals surface area contributed by atoms with Crippen molar-refractivity contribution < 1.29 is 10.4 Å². The first-order valence-electron chi connectivity index (χ1n) is 7.82. The van der Waals surface area contributed by atoms with E-state index < -0.39 is 0 Å². The lowest BCUT2D eigenvalue weighted by molar-refractivity contribution is 0.239. The van der Waals surface area contributed by atoms with Gasteiger partial charge in [0, 0.05) is 13.1 Å². The van der Waals surface area contributed by atoms with Crippen LogP contribution in [0.4, 0.5) is 0 Å². The molecule has 0 saturated heterocycles. The average Bonchev–Trinajstić information content (AvgIpc) is 2.49. The summed E-state index contributed by atoms with van der Waals surface area (Å²) in [6.07, 6.45) is 0.990. The first-order valence-corrected chi connectivity index (χ1v) is 7.82. The molecule has 0 fully saturated rings. The summed E-state index contributed by atoms with van der Waals surface area (Å²) < 4.78 is 0. The van der Waals surface area contributed by atoms with Gasteiger partial charge in [-0.25, -0.2) is 0 Å². The number of rotatable bonds is 9. The lowest BCUT2D eigenvalue weighted by atomic mass is 9.84. The molecule has 0 radical (unpaired) electrons. The summed E-state index contributed by atoms with van der Waals surface area (Å²) in [6, 6.07) is 0. The quantitative estimate of drug-likeness (QED) is 0.299. The van der Waals surface area contributed by atoms with Gasteiger partial charge in [0.15, 0.2) is 0 Å². The number of hydrogen-bond acceptors (Lipinski definition) is 6. The summed E-state index contributed by atoms with van der Waals surface area (Å²) in [6.45, 7) is 17.5. The maximum Gasteiger partial charge on any atom is 0.0734 e. The summed E-state index contributed by atoms with van der Waals surface area (Å²) in [5.41, 5.74) is 0.622. The second-order valence-electron chi connectivity index (χ2n) is 7.49. The van der Waals surface area contributed by atoms with Crippen molar-refractivity contribution in [1.82, 2.24) is 10.6 Å². The molecule has 0 aromatic heterocycles. The molecule has 0 spiro atoms. The van der Waals surface area contributed by atoms with Gasteiger partial charge in [0.2, 0.25) is 0 Å². The van der Waals surface area contributed by atoms with Gasteiger partial charge in [-0.2, -0.15) is 0 Å². The molecule has 4 N–H and O–H groups in total. The largest absolute Gasteiger partial charge is 0.411 e. The van der Waals surface area contributed by atoms with Crippen molar-refractivity contribution in [3.8, 4) is 0 Å². The number of hydrogen-bond donors (Lipinski definition) is 4. The van der Waals surface area contributed by atoms with E-state index in [1.165, 1.54) is 0 Å². The third-order valence-electron chi connectivity index (χ3n) is 4.88. The Hall–Kier alpha value is -1.14. The van der Waals surface area contributed by atoms with Crippen LogP contribution in [0.2, 0.25) is 0 Å². The SMILES string of the molecule is CCC(C)(CNC(C)(C)/C(C)=N/O)CNC(C)(C)/C(C)=N/O. The smallest absolute Gasteiger partial charge is 0.0734 e. The highest BCUT2D eigenvalue weighted by molar-refractivity contribution is 5.90. The zero-order valence-corrected chi connectivity index (χ0v) is 15.4. The van der Waals surface area contributed by atoms with E-state index in [0.29, 0.717) is 11.4 Å². The molecule has 0 aromatic rings. The Labute approximate surface area is 135 Å². The Balaban J connectivity index is 4.80. The molecule has 0 bridgehead atoms. The zero-order valence-electron chi connectivity index (χ0n) is 15.4. The van der Waals surface area contributed by atoms with Gasteiger partial charge >= 0.3 is 0 Å². The molecule has 0 atom stereocenters. The van der Waals surface area contributed by atoms with Crippen molar-refractivity contribution in [3.63, 3.8) is 0 Å². The molecule has 22 heavy (non-hydrogen) atoms. The lowest BCUT2D eigenvalue weighted by Gasteiger charge is -2.37. The van der Waals surface area contributed by atoms with Gasteiger partial charge < -0.3 is 21.0 Å². The van der Waals surface area contributed by atoms with E-state index in [0.717, 1.165) is 19.5 Å². The van der Waals surface area contributed by atoms with Gasteiger partial charge in [-0.05, 0) is 53.4 Å². The Morgan fingerprint density at radius 2 is 1.14 bits per heavy atom. The van der Waals surface area contributed by atoms with E-state index in [9.17, 15) is 0 Å². The van der Waals surface area contributed by atoms with Crippen molar-refractivity contribution in [1.29, 1.82) is 0 Å². The zero-order chi connectivity index (χ0) is 17.6. The molecule has 0 aliphatic carbocycles. The predicted octanol–water partition coefficient (Wildman–Crippen LogP) is 2.84. The topological polar surface area (TPSA) is 89.2 Å². The molecule has 0 heterocycles. The van der Waals surface area contributed by atoms with Gasteiger partial charge in [0.25, 0.3) is 0 Å². The molecule has 0 aromatic carbocycles. The molecular formula is C16H34N4O2. The highest BCUT2D eigenvalue weighted by atomic mass is 16.4. The summed E-state index contributed by atoms with van der Waals surface area (Å²) in [4.78, 5) is 0. The highest BCUT2D eigenvalue weighted by Crippen LogP contribution is 2.22. The van der Waals surface area contributed by atoms with E-state index in [4.69, 9.17) is 10.4 Å². The Kier molecular flexibility index (Phi) is 7.51. The molecule has 130 valence electrons. The minimum atomic E-state index is -0.358. The normalized spacial score (nSPS) is 15.3. The molecule has 0 aliphatic rings. The van der Waals surface area contributed by atoms with E-state index in [1.807, 2.05) is 27.7 Å². The first kappa shape index (κ1) is 20.9. The average molecular weight is 314 g/mol. The van der Waals surface area contributed by atoms with Crippen LogP contribution in [0.1, 0.15) is 61.8 Å². The van der Waals surface area contributed by atoms with Crippen LogP contribution in [0.3, 0.4) is 0 Å². The standard InChI is InChI=1S/C16H34N4O2/c1-9-16(8,10-17-14(4,5)12(2)19-21)11-18-15(6,7)13(3)20-22/h17-18,21-22H,9-11H2,1-8H3/b19-12+,20-13+. The second kappa shape index (κ2) is 7.92. The lowest BCUT2D eigenvalue weighted by Crippen LogP contribution is -2.54. The number of oxime groups is 2. The van der Waals surface area contributed by atoms with Crippen LogP contribution in [0.5, 0.6) is 0 Å². The molecule has 6 heteroatoms. The Morgan fingerprint density at radius 3 is 1.36 bits per heavy atom. The third kappa shape index (κ3) is 5.93. The highest BCUT2D eigenvalue weighted by Gasteiger charge is 2.31. The van der Waals surface area contributed by atoms with Crippen LogP contribution in [0.15, 0.2) is 10.3 Å². The molecular weight excluding hydrogens is 280 g/mol. The van der Waals surface area contributed by atoms with Crippen LogP contribution < -0.4 is 10.6 Å². The maximum atomic E-state index is 8.95. The number of nitrogens with one attached hydrogen (secondary N) is 2. The van der Waals surface area contributed by atoms with Crippen LogP contribution in [0, 0.1) is 5.41 Å². The first-order chi connectivity index (χ1) is 9.94. The van der Waals surface area contributed by atoms with E-state index in [1.54, 1.807) is 13.8 Å². The van der Waals surface area contributed by atoms with Crippen LogP contribution in [0.25, 0.3) is 0 Å². The van der Waals surface area contributed by atoms with Crippen molar-refractivity contribution in [2.45, 2.75) is 72.9 Å². The summed E-state index contributed by atoms with van der Waals surface area (Å²) in [5, 5.41) is 31.5. The molecule has 0 saturated carbocycles. The van der Waals surface area contributed by atoms with Crippen molar-refractivity contribution in [3.05, 3.63) is 0 Å². The molecule has 0 amide bonds. The molecule has 0 aliphatic heterocycles. The van der Waals surface area contributed by atoms with Crippen LogP contribution in [-0.4, -0.2) is 46.0 Å². The van der Waals surface area contributed by atoms with E-state index in [2.05, 4.69) is 34.8 Å². The summed E-state index contributed by atoms with van der Waals surface area (Å²) in [5.74, 6) is 0. The monoisotopic (exact) mass is 314 g/mol. The number of nitrogens with zero attached hydrogens (tertiary/aromatic N) is 2. The Bertz CT molecular complexity index is 380. The van der Waals surface area contributed by atoms with Gasteiger partial charge in [-0.3, -0.25) is 0 Å². The van der Waals surface area contributed by atoms with E-state index >= 15 is 0 Å². The van der Waals surface area contributed by atoms with Crippen LogP contribution in [-0.2, 0) is 0 Å². The van der Waals surface area contributed by atoms with Gasteiger partial charge in [-0.1, -0.05) is 24.2 Å². The van der Waals surface area contributed by atoms with Crippen molar-refractivity contribution in [2.75, 3.05) is 13.1 Å². The minimum absolute atomic E-state index is 0.0278. The minimum Gasteiger partial charge on any atom is -0.411 e. The fourth-order valence-corrected chi connectivity index (χ4v) is 1.69. The summed E-state index contributed by atoms with van der Waals surface area (Å²) in [7, 11) is 0. The van der Waals surface area contributed by atoms with E-state index in [-0.39, 0.29) is 16.5 Å². The fraction of sp³-hybridized carbons (Fsp3) is 0.875. The molecule has 0 rings (SSSR count). The molecule has 6 nitrogen and oxygen atoms in total. The third-order valence-corrected chi connectivity index (χ3v) is 4.88. The van der Waals surface area contributed by atoms with Gasteiger partial charge in [-0.15, -0.1) is 0 Å². The second-order valence-corrected chi connectivity index (χ2v) is 7.49. The maximum absolute atomic E-state index is 8.95. The van der Waals surface area contributed by atoms with Crippen molar-refractivity contribution in [2.24, 2.45) is 15.7 Å². The van der Waals surface area contributed by atoms with Gasteiger partial charge in [0.1, 0.15) is 0 Å². The molecule has 0 unspecified atom stereocenters. The van der Waals surface area contributed by atoms with Crippen molar-refractivity contribution >= 4 is 11.4 Å². The fourth-order valence-electron chi connectivity index (χ4n) is 1.69. The Morgan fingerprint density at radius 1 is 0.818 bits per heavy atom.